The lowest BCUT2D eigenvalue weighted by molar-refractivity contribution is 1.27. The number of thioether (sulfide) groups is 1. The smallest absolute Gasteiger partial charge is 0.0655 e. The van der Waals surface area contributed by atoms with Gasteiger partial charge >= 0.3 is 0 Å². The van der Waals surface area contributed by atoms with Gasteiger partial charge in [-0.05, 0) is 13.2 Å². The van der Waals surface area contributed by atoms with Crippen molar-refractivity contribution in [2.45, 2.75) is 18.6 Å². The third kappa shape index (κ3) is 4.08. The van der Waals surface area contributed by atoms with Crippen LogP contribution in [0.25, 0.3) is 0 Å². The summed E-state index contributed by atoms with van der Waals surface area (Å²) in [5, 5.41) is 0.259. The van der Waals surface area contributed by atoms with Crippen LogP contribution in [0.1, 0.15) is 13.3 Å². The van der Waals surface area contributed by atoms with Crippen molar-refractivity contribution in [2.24, 2.45) is 0 Å². The van der Waals surface area contributed by atoms with Crippen molar-refractivity contribution in [2.75, 3.05) is 6.26 Å². The quantitative estimate of drug-likeness (QED) is 0.485. The molecule has 1 atom stereocenters. The molecule has 45 valence electrons. The third-order valence-corrected chi connectivity index (χ3v) is 1.41. The summed E-state index contributed by atoms with van der Waals surface area (Å²) in [5.74, 6) is 5.95. The zero-order valence-electron chi connectivity index (χ0n) is 5.40. The zero-order chi connectivity index (χ0) is 6.41. The maximum Gasteiger partial charge on any atom is 0.0655 e. The second kappa shape index (κ2) is 5.05. The summed E-state index contributed by atoms with van der Waals surface area (Å²) in [6.07, 6.45) is 2.95. The van der Waals surface area contributed by atoms with Crippen molar-refractivity contribution in [3.05, 3.63) is 6.92 Å². The van der Waals surface area contributed by atoms with Gasteiger partial charge in [0.15, 0.2) is 0 Å². The first kappa shape index (κ1) is 7.91. The van der Waals surface area contributed by atoms with Gasteiger partial charge < -0.3 is 0 Å². The molecule has 0 saturated carbocycles. The molecule has 0 aromatic carbocycles. The number of hydrogen-bond acceptors (Lipinski definition) is 1. The third-order valence-electron chi connectivity index (χ3n) is 0.724. The highest BCUT2D eigenvalue weighted by Gasteiger charge is 1.87. The van der Waals surface area contributed by atoms with E-state index in [4.69, 9.17) is 0 Å². The Bertz CT molecular complexity index is 96.7. The predicted octanol–water partition coefficient (Wildman–Crippen LogP) is 1.97. The Morgan fingerprint density at radius 3 is 2.75 bits per heavy atom. The molecule has 0 aromatic rings. The SMILES string of the molecule is [CH2]C(C#CCC)SC. The average Bonchev–Trinajstić information content (AvgIpc) is 1.83. The summed E-state index contributed by atoms with van der Waals surface area (Å²) in [6, 6.07) is 0. The fourth-order valence-electron chi connectivity index (χ4n) is 0.275. The van der Waals surface area contributed by atoms with E-state index in [1.165, 1.54) is 0 Å². The van der Waals surface area contributed by atoms with Crippen LogP contribution >= 0.6 is 11.8 Å². The fourth-order valence-corrected chi connectivity index (χ4v) is 0.476. The first-order valence-electron chi connectivity index (χ1n) is 2.65. The van der Waals surface area contributed by atoms with Crippen LogP contribution in [0.5, 0.6) is 0 Å². The molecule has 0 spiro atoms. The topological polar surface area (TPSA) is 0 Å². The van der Waals surface area contributed by atoms with Crippen LogP contribution in [0.4, 0.5) is 0 Å². The van der Waals surface area contributed by atoms with Gasteiger partial charge in [0, 0.05) is 6.42 Å². The van der Waals surface area contributed by atoms with Crippen molar-refractivity contribution >= 4 is 11.8 Å². The molecule has 0 aliphatic carbocycles. The molecule has 8 heavy (non-hydrogen) atoms. The van der Waals surface area contributed by atoms with Gasteiger partial charge in [-0.15, -0.1) is 17.7 Å². The summed E-state index contributed by atoms with van der Waals surface area (Å²) in [7, 11) is 0. The lowest BCUT2D eigenvalue weighted by Crippen LogP contribution is -1.87. The molecule has 0 aliphatic heterocycles. The van der Waals surface area contributed by atoms with E-state index >= 15 is 0 Å². The van der Waals surface area contributed by atoms with Crippen molar-refractivity contribution in [3.63, 3.8) is 0 Å². The molecule has 0 aliphatic rings. The van der Waals surface area contributed by atoms with E-state index in [2.05, 4.69) is 18.8 Å². The van der Waals surface area contributed by atoms with Crippen LogP contribution < -0.4 is 0 Å². The Morgan fingerprint density at radius 1 is 1.75 bits per heavy atom. The first-order valence-corrected chi connectivity index (χ1v) is 3.94. The second-order valence-electron chi connectivity index (χ2n) is 1.40. The Morgan fingerprint density at radius 2 is 2.38 bits per heavy atom. The maximum atomic E-state index is 3.78. The fraction of sp³-hybridized carbons (Fsp3) is 0.571. The van der Waals surface area contributed by atoms with E-state index in [9.17, 15) is 0 Å². The minimum absolute atomic E-state index is 0.259. The first-order chi connectivity index (χ1) is 3.81. The van der Waals surface area contributed by atoms with Crippen molar-refractivity contribution < 1.29 is 0 Å². The summed E-state index contributed by atoms with van der Waals surface area (Å²) < 4.78 is 0. The summed E-state index contributed by atoms with van der Waals surface area (Å²) >= 11 is 1.68. The standard InChI is InChI=1S/C7H11S/c1-4-5-6-7(2)8-3/h7H,2,4H2,1,3H3. The van der Waals surface area contributed by atoms with Gasteiger partial charge in [0.25, 0.3) is 0 Å². The van der Waals surface area contributed by atoms with Crippen molar-refractivity contribution in [1.82, 2.24) is 0 Å². The van der Waals surface area contributed by atoms with E-state index in [0.29, 0.717) is 0 Å². The predicted molar refractivity (Wildman–Crippen MR) is 40.7 cm³/mol. The number of hydrogen-bond donors (Lipinski definition) is 0. The molecule has 0 amide bonds. The molecule has 0 saturated heterocycles. The van der Waals surface area contributed by atoms with E-state index in [1.54, 1.807) is 11.8 Å². The molecule has 0 rings (SSSR count). The van der Waals surface area contributed by atoms with Gasteiger partial charge in [-0.1, -0.05) is 12.8 Å². The molecule has 0 heterocycles. The Kier molecular flexibility index (Phi) is 5.00. The monoisotopic (exact) mass is 127 g/mol. The lowest BCUT2D eigenvalue weighted by atomic mass is 10.4. The lowest BCUT2D eigenvalue weighted by Gasteiger charge is -1.92. The highest BCUT2D eigenvalue weighted by molar-refractivity contribution is 7.99. The molecular weight excluding hydrogens is 116 g/mol. The molecule has 0 aromatic heterocycles. The molecule has 1 unspecified atom stereocenters. The zero-order valence-corrected chi connectivity index (χ0v) is 6.22. The molecule has 0 bridgehead atoms. The summed E-state index contributed by atoms with van der Waals surface area (Å²) in [6.45, 7) is 5.83. The van der Waals surface area contributed by atoms with E-state index in [0.717, 1.165) is 6.42 Å². The normalized spacial score (nSPS) is 11.9. The molecule has 1 heteroatoms. The molecule has 0 N–H and O–H groups in total. The van der Waals surface area contributed by atoms with E-state index < -0.39 is 0 Å². The van der Waals surface area contributed by atoms with Crippen molar-refractivity contribution in [1.29, 1.82) is 0 Å². The van der Waals surface area contributed by atoms with Gasteiger partial charge in [0.05, 0.1) is 5.25 Å². The van der Waals surface area contributed by atoms with Crippen LogP contribution in [0.2, 0.25) is 0 Å². The van der Waals surface area contributed by atoms with E-state index in [-0.39, 0.29) is 5.25 Å². The van der Waals surface area contributed by atoms with Crippen LogP contribution in [0.15, 0.2) is 0 Å². The minimum Gasteiger partial charge on any atom is -0.149 e. The molecule has 1 radical (unpaired) electrons. The minimum atomic E-state index is 0.259. The van der Waals surface area contributed by atoms with Crippen LogP contribution in [0, 0.1) is 18.8 Å². The van der Waals surface area contributed by atoms with Crippen LogP contribution in [-0.2, 0) is 0 Å². The summed E-state index contributed by atoms with van der Waals surface area (Å²) in [5.41, 5.74) is 0. The Balaban J connectivity index is 3.35. The largest absolute Gasteiger partial charge is 0.149 e. The second-order valence-corrected chi connectivity index (χ2v) is 2.44. The molecule has 0 fully saturated rings. The highest BCUT2D eigenvalue weighted by atomic mass is 32.2. The van der Waals surface area contributed by atoms with Gasteiger partial charge in [0.2, 0.25) is 0 Å². The van der Waals surface area contributed by atoms with Crippen molar-refractivity contribution in [3.8, 4) is 11.8 Å². The average molecular weight is 127 g/mol. The van der Waals surface area contributed by atoms with Gasteiger partial charge in [-0.2, -0.15) is 0 Å². The number of rotatable bonds is 1. The van der Waals surface area contributed by atoms with Crippen LogP contribution in [0.3, 0.4) is 0 Å². The Hall–Kier alpha value is -0.0900. The molecular formula is C7H11S. The van der Waals surface area contributed by atoms with E-state index in [1.807, 2.05) is 13.2 Å². The van der Waals surface area contributed by atoms with Gasteiger partial charge in [-0.3, -0.25) is 0 Å². The Labute approximate surface area is 56.1 Å². The maximum absolute atomic E-state index is 3.78. The van der Waals surface area contributed by atoms with Crippen LogP contribution in [-0.4, -0.2) is 11.5 Å². The summed E-state index contributed by atoms with van der Waals surface area (Å²) in [4.78, 5) is 0. The highest BCUT2D eigenvalue weighted by Crippen LogP contribution is 2.01. The van der Waals surface area contributed by atoms with Gasteiger partial charge in [0.1, 0.15) is 0 Å². The molecule has 0 nitrogen and oxygen atoms in total. The van der Waals surface area contributed by atoms with Gasteiger partial charge in [-0.25, -0.2) is 0 Å².